The molecule has 0 amide bonds. The van der Waals surface area contributed by atoms with Crippen LogP contribution in [0.25, 0.3) is 16.9 Å². The van der Waals surface area contributed by atoms with Gasteiger partial charge in [0.05, 0.1) is 25.0 Å². The maximum absolute atomic E-state index is 15.1. The molecule has 1 saturated heterocycles. The highest BCUT2D eigenvalue weighted by atomic mass is 35.5. The number of nitrogens with two attached hydrogens (primary N) is 1. The monoisotopic (exact) mass is 498 g/mol. The van der Waals surface area contributed by atoms with Crippen LogP contribution in [0.4, 0.5) is 10.2 Å². The van der Waals surface area contributed by atoms with Gasteiger partial charge in [-0.25, -0.2) is 14.4 Å². The largest absolute Gasteiger partial charge is 0.404 e. The number of morpholine rings is 1. The summed E-state index contributed by atoms with van der Waals surface area (Å²) in [7, 11) is 1.66. The van der Waals surface area contributed by atoms with Crippen molar-refractivity contribution in [3.05, 3.63) is 68.6 Å². The van der Waals surface area contributed by atoms with E-state index in [1.54, 1.807) is 31.6 Å². The van der Waals surface area contributed by atoms with Crippen LogP contribution in [0.5, 0.6) is 0 Å². The lowest BCUT2D eigenvalue weighted by Crippen LogP contribution is -2.44. The fraction of sp³-hybridized carbons (Fsp3) is 0.360. The van der Waals surface area contributed by atoms with Gasteiger partial charge in [-0.1, -0.05) is 25.4 Å². The molecule has 2 N–H and O–H groups in total. The van der Waals surface area contributed by atoms with Crippen LogP contribution >= 0.6 is 11.6 Å². The average molecular weight is 499 g/mol. The van der Waals surface area contributed by atoms with Gasteiger partial charge in [-0.3, -0.25) is 14.2 Å². The normalized spacial score (nSPS) is 17.0. The fourth-order valence-electron chi connectivity index (χ4n) is 4.31. The number of halogens is 2. The number of aliphatic imine (C=N–C) groups is 1. The summed E-state index contributed by atoms with van der Waals surface area (Å²) in [5.41, 5.74) is 8.46. The van der Waals surface area contributed by atoms with Gasteiger partial charge in [0.2, 0.25) is 0 Å². The maximum Gasteiger partial charge on any atom is 0.261 e. The molecule has 1 atom stereocenters. The summed E-state index contributed by atoms with van der Waals surface area (Å²) in [4.78, 5) is 29.1. The van der Waals surface area contributed by atoms with E-state index in [1.807, 2.05) is 18.7 Å². The van der Waals surface area contributed by atoms with Crippen molar-refractivity contribution >= 4 is 29.3 Å². The lowest BCUT2D eigenvalue weighted by atomic mass is 10.1. The third-order valence-electron chi connectivity index (χ3n) is 6.08. The average Bonchev–Trinajstić information content (AvgIpc) is 2.87. The number of rotatable bonds is 6. The van der Waals surface area contributed by atoms with Crippen molar-refractivity contribution in [3.63, 3.8) is 0 Å². The van der Waals surface area contributed by atoms with Crippen LogP contribution in [0.15, 0.2) is 46.0 Å². The first kappa shape index (κ1) is 24.8. The molecule has 1 aliphatic rings. The summed E-state index contributed by atoms with van der Waals surface area (Å²) in [6.07, 6.45) is 5.60. The molecule has 4 rings (SSSR count). The van der Waals surface area contributed by atoms with E-state index in [0.29, 0.717) is 55.3 Å². The van der Waals surface area contributed by atoms with Gasteiger partial charge in [0.25, 0.3) is 5.56 Å². The molecular formula is C25H28ClFN6O2. The summed E-state index contributed by atoms with van der Waals surface area (Å²) >= 11 is 5.99. The minimum absolute atomic E-state index is 0.181. The summed E-state index contributed by atoms with van der Waals surface area (Å²) in [5, 5.41) is 0.272. The van der Waals surface area contributed by atoms with E-state index in [2.05, 4.69) is 4.99 Å². The molecule has 8 nitrogen and oxygen atoms in total. The predicted molar refractivity (Wildman–Crippen MR) is 137 cm³/mol. The molecule has 1 fully saturated rings. The first-order chi connectivity index (χ1) is 16.9. The van der Waals surface area contributed by atoms with Crippen molar-refractivity contribution in [1.29, 1.82) is 0 Å². The zero-order valence-corrected chi connectivity index (χ0v) is 20.7. The van der Waals surface area contributed by atoms with E-state index in [9.17, 15) is 4.79 Å². The van der Waals surface area contributed by atoms with Gasteiger partial charge in [0, 0.05) is 47.7 Å². The maximum atomic E-state index is 15.1. The van der Waals surface area contributed by atoms with Gasteiger partial charge in [-0.05, 0) is 31.0 Å². The Morgan fingerprint density at radius 2 is 2.14 bits per heavy atom. The van der Waals surface area contributed by atoms with E-state index in [4.69, 9.17) is 32.0 Å². The van der Waals surface area contributed by atoms with Gasteiger partial charge >= 0.3 is 0 Å². The van der Waals surface area contributed by atoms with E-state index in [0.717, 1.165) is 5.57 Å². The molecule has 0 radical (unpaired) electrons. The Morgan fingerprint density at radius 1 is 1.34 bits per heavy atom. The Balaban J connectivity index is 1.94. The van der Waals surface area contributed by atoms with Gasteiger partial charge in [-0.2, -0.15) is 0 Å². The number of fused-ring (bicyclic) bond motifs is 1. The Bertz CT molecular complexity index is 1370. The molecule has 2 aromatic heterocycles. The molecule has 1 aromatic carbocycles. The first-order valence-corrected chi connectivity index (χ1v) is 11.9. The van der Waals surface area contributed by atoms with E-state index in [1.165, 1.54) is 16.7 Å². The molecular weight excluding hydrogens is 471 g/mol. The van der Waals surface area contributed by atoms with Crippen LogP contribution in [-0.4, -0.2) is 53.4 Å². The number of ether oxygens (including phenoxy) is 1. The topological polar surface area (TPSA) is 98.1 Å². The lowest BCUT2D eigenvalue weighted by Gasteiger charge is -2.34. The standard InChI is InChI=1S/C25H28ClFN6O2/c1-4-17-20(5-2)30-24-23(18-7-6-16(26)10-19(18)27)31-22(14-33(24)25(17)34)32-8-9-35-21(13-32)15(11-28)12-29-3/h6-7,10-12,14,21H,4-5,8-9,13,28H2,1-3H3/b15-11+,29-12?. The number of aromatic nitrogens is 3. The highest BCUT2D eigenvalue weighted by molar-refractivity contribution is 6.30. The molecule has 35 heavy (non-hydrogen) atoms. The second-order valence-electron chi connectivity index (χ2n) is 8.17. The van der Waals surface area contributed by atoms with Crippen LogP contribution in [0.3, 0.4) is 0 Å². The summed E-state index contributed by atoms with van der Waals surface area (Å²) in [6, 6.07) is 4.38. The second-order valence-corrected chi connectivity index (χ2v) is 8.61. The van der Waals surface area contributed by atoms with Crippen LogP contribution < -0.4 is 16.2 Å². The molecule has 1 aliphatic heterocycles. The van der Waals surface area contributed by atoms with Crippen molar-refractivity contribution in [1.82, 2.24) is 14.4 Å². The second kappa shape index (κ2) is 10.5. The van der Waals surface area contributed by atoms with Crippen molar-refractivity contribution < 1.29 is 9.13 Å². The quantitative estimate of drug-likeness (QED) is 0.523. The van der Waals surface area contributed by atoms with E-state index < -0.39 is 5.82 Å². The molecule has 3 heterocycles. The minimum atomic E-state index is -0.539. The number of hydrogen-bond donors (Lipinski definition) is 1. The van der Waals surface area contributed by atoms with Crippen molar-refractivity contribution in [2.24, 2.45) is 10.7 Å². The molecule has 0 spiro atoms. The summed E-state index contributed by atoms with van der Waals surface area (Å²) in [6.45, 7) is 5.26. The minimum Gasteiger partial charge on any atom is -0.404 e. The molecule has 0 aliphatic carbocycles. The predicted octanol–water partition coefficient (Wildman–Crippen LogP) is 3.42. The summed E-state index contributed by atoms with van der Waals surface area (Å²) in [5.74, 6) is -0.0292. The molecule has 3 aromatic rings. The highest BCUT2D eigenvalue weighted by Gasteiger charge is 2.26. The Hall–Kier alpha value is -3.30. The van der Waals surface area contributed by atoms with Crippen LogP contribution in [0.1, 0.15) is 25.1 Å². The third kappa shape index (κ3) is 4.78. The van der Waals surface area contributed by atoms with Crippen molar-refractivity contribution in [3.8, 4) is 11.3 Å². The Labute approximate surface area is 207 Å². The Morgan fingerprint density at radius 3 is 2.80 bits per heavy atom. The zero-order valence-electron chi connectivity index (χ0n) is 20.0. The molecule has 0 saturated carbocycles. The van der Waals surface area contributed by atoms with Gasteiger partial charge in [-0.15, -0.1) is 0 Å². The molecule has 1 unspecified atom stereocenters. The number of benzene rings is 1. The molecule has 10 heteroatoms. The number of anilines is 1. The fourth-order valence-corrected chi connectivity index (χ4v) is 4.47. The lowest BCUT2D eigenvalue weighted by molar-refractivity contribution is 0.0676. The third-order valence-corrected chi connectivity index (χ3v) is 6.32. The van der Waals surface area contributed by atoms with Gasteiger partial charge < -0.3 is 15.4 Å². The van der Waals surface area contributed by atoms with Crippen molar-refractivity contribution in [2.75, 3.05) is 31.6 Å². The Kier molecular flexibility index (Phi) is 7.47. The smallest absolute Gasteiger partial charge is 0.261 e. The van der Waals surface area contributed by atoms with Crippen LogP contribution in [-0.2, 0) is 17.6 Å². The SMILES string of the molecule is CCc1nc2c(-c3ccc(Cl)cc3F)nc(N3CCOC(/C(C=NC)=C/N)C3)cn2c(=O)c1CC. The molecule has 184 valence electrons. The molecule has 0 bridgehead atoms. The van der Waals surface area contributed by atoms with E-state index in [-0.39, 0.29) is 27.9 Å². The first-order valence-electron chi connectivity index (χ1n) is 11.5. The van der Waals surface area contributed by atoms with E-state index >= 15 is 4.39 Å². The van der Waals surface area contributed by atoms with Crippen molar-refractivity contribution in [2.45, 2.75) is 32.8 Å². The zero-order chi connectivity index (χ0) is 25.1. The van der Waals surface area contributed by atoms with Gasteiger partial charge in [0.15, 0.2) is 5.65 Å². The van der Waals surface area contributed by atoms with Crippen LogP contribution in [0, 0.1) is 5.82 Å². The van der Waals surface area contributed by atoms with Crippen LogP contribution in [0.2, 0.25) is 5.02 Å². The highest BCUT2D eigenvalue weighted by Crippen LogP contribution is 2.29. The summed E-state index contributed by atoms with van der Waals surface area (Å²) < 4.78 is 22.4. The number of nitrogens with zero attached hydrogens (tertiary/aromatic N) is 5. The number of aryl methyl sites for hydroxylation is 1. The number of hydrogen-bond acceptors (Lipinski definition) is 7. The van der Waals surface area contributed by atoms with Gasteiger partial charge in [0.1, 0.15) is 23.4 Å².